The number of hydrogen-bond donors (Lipinski definition) is 0. The van der Waals surface area contributed by atoms with Gasteiger partial charge in [-0.05, 0) is 48.6 Å². The van der Waals surface area contributed by atoms with Crippen molar-refractivity contribution in [3.63, 3.8) is 0 Å². The van der Waals surface area contributed by atoms with Gasteiger partial charge in [-0.25, -0.2) is 0 Å². The molecule has 3 nitrogen and oxygen atoms in total. The number of nitrogens with zero attached hydrogens (tertiary/aromatic N) is 1. The molecule has 0 bridgehead atoms. The molecule has 0 saturated carbocycles. The van der Waals surface area contributed by atoms with Crippen LogP contribution in [0.25, 0.3) is 0 Å². The van der Waals surface area contributed by atoms with Crippen LogP contribution in [0.3, 0.4) is 0 Å². The second-order valence-corrected chi connectivity index (χ2v) is 3.98. The van der Waals surface area contributed by atoms with Crippen molar-refractivity contribution >= 4 is 28.4 Å². The van der Waals surface area contributed by atoms with Gasteiger partial charge in [-0.15, -0.1) is 0 Å². The number of ether oxygens (including phenoxy) is 1. The molecule has 1 aromatic carbocycles. The number of carbonyl (C=O) groups is 1. The molecule has 0 atom stereocenters. The maximum absolute atomic E-state index is 11.3. The second-order valence-electron chi connectivity index (χ2n) is 2.90. The van der Waals surface area contributed by atoms with E-state index in [9.17, 15) is 4.79 Å². The molecule has 1 rings (SSSR count). The van der Waals surface area contributed by atoms with Crippen LogP contribution in [0.4, 0.5) is 0 Å². The lowest BCUT2D eigenvalue weighted by molar-refractivity contribution is 0.101. The molecule has 0 fully saturated rings. The molecule has 0 spiro atoms. The number of Topliss-reactive ketones (excluding diaryl/α,β-unsaturated/α-hetero) is 1. The van der Waals surface area contributed by atoms with Gasteiger partial charge >= 0.3 is 0 Å². The van der Waals surface area contributed by atoms with Gasteiger partial charge in [0.1, 0.15) is 6.07 Å². The Morgan fingerprint density at radius 3 is 2.73 bits per heavy atom. The first-order valence-corrected chi connectivity index (χ1v) is 5.56. The van der Waals surface area contributed by atoms with E-state index in [4.69, 9.17) is 10.00 Å². The predicted molar refractivity (Wildman–Crippen MR) is 65.0 cm³/mol. The van der Waals surface area contributed by atoms with Crippen LogP contribution in [0.2, 0.25) is 0 Å². The maximum atomic E-state index is 11.3. The fraction of sp³-hybridized carbons (Fsp3) is 0.273. The molecule has 78 valence electrons. The van der Waals surface area contributed by atoms with Crippen LogP contribution >= 0.6 is 22.6 Å². The first-order chi connectivity index (χ1) is 7.11. The Labute approximate surface area is 102 Å². The zero-order chi connectivity index (χ0) is 11.4. The van der Waals surface area contributed by atoms with Crippen LogP contribution in [0.1, 0.15) is 29.8 Å². The summed E-state index contributed by atoms with van der Waals surface area (Å²) >= 11 is 2.03. The molecule has 0 saturated heterocycles. The van der Waals surface area contributed by atoms with Crippen molar-refractivity contribution in [3.8, 4) is 11.8 Å². The van der Waals surface area contributed by atoms with E-state index in [1.807, 2.05) is 35.6 Å². The Morgan fingerprint density at radius 2 is 2.27 bits per heavy atom. The Hall–Kier alpha value is -1.09. The lowest BCUT2D eigenvalue weighted by Crippen LogP contribution is -2.03. The highest BCUT2D eigenvalue weighted by molar-refractivity contribution is 14.1. The van der Waals surface area contributed by atoms with Crippen molar-refractivity contribution in [2.24, 2.45) is 0 Å². The molecule has 0 aliphatic heterocycles. The Balaban J connectivity index is 3.37. The summed E-state index contributed by atoms with van der Waals surface area (Å²) in [7, 11) is 0. The third kappa shape index (κ3) is 2.48. The van der Waals surface area contributed by atoms with E-state index < -0.39 is 0 Å². The van der Waals surface area contributed by atoms with Crippen molar-refractivity contribution in [2.45, 2.75) is 13.8 Å². The zero-order valence-corrected chi connectivity index (χ0v) is 10.7. The molecule has 1 aromatic rings. The molecule has 0 N–H and O–H groups in total. The quantitative estimate of drug-likeness (QED) is 0.636. The summed E-state index contributed by atoms with van der Waals surface area (Å²) < 4.78 is 6.08. The number of benzene rings is 1. The third-order valence-electron chi connectivity index (χ3n) is 1.89. The number of halogens is 1. The summed E-state index contributed by atoms with van der Waals surface area (Å²) in [6.07, 6.45) is 0. The molecule has 0 unspecified atom stereocenters. The van der Waals surface area contributed by atoms with Crippen LogP contribution in [0, 0.1) is 14.9 Å². The van der Waals surface area contributed by atoms with Gasteiger partial charge in [0, 0.05) is 5.56 Å². The van der Waals surface area contributed by atoms with E-state index in [0.29, 0.717) is 27.1 Å². The van der Waals surface area contributed by atoms with Crippen LogP contribution in [0.5, 0.6) is 5.75 Å². The fourth-order valence-electron chi connectivity index (χ4n) is 1.20. The summed E-state index contributed by atoms with van der Waals surface area (Å²) in [5, 5.41) is 8.88. The number of ketones is 1. The van der Waals surface area contributed by atoms with Gasteiger partial charge in [0.2, 0.25) is 0 Å². The lowest BCUT2D eigenvalue weighted by atomic mass is 10.1. The number of nitriles is 1. The van der Waals surface area contributed by atoms with Gasteiger partial charge in [0.25, 0.3) is 0 Å². The number of hydrogen-bond acceptors (Lipinski definition) is 3. The van der Waals surface area contributed by atoms with Crippen LogP contribution in [-0.4, -0.2) is 12.4 Å². The maximum Gasteiger partial charge on any atom is 0.161 e. The van der Waals surface area contributed by atoms with Gasteiger partial charge in [-0.1, -0.05) is 0 Å². The van der Waals surface area contributed by atoms with Gasteiger partial charge in [-0.3, -0.25) is 4.79 Å². The van der Waals surface area contributed by atoms with E-state index >= 15 is 0 Å². The molecule has 0 aliphatic rings. The highest BCUT2D eigenvalue weighted by Crippen LogP contribution is 2.28. The van der Waals surface area contributed by atoms with Crippen molar-refractivity contribution in [1.82, 2.24) is 0 Å². The normalized spacial score (nSPS) is 9.47. The van der Waals surface area contributed by atoms with Crippen LogP contribution in [0.15, 0.2) is 12.1 Å². The minimum Gasteiger partial charge on any atom is -0.491 e. The lowest BCUT2D eigenvalue weighted by Gasteiger charge is -2.10. The van der Waals surface area contributed by atoms with Crippen molar-refractivity contribution in [2.75, 3.05) is 6.61 Å². The van der Waals surface area contributed by atoms with Crippen molar-refractivity contribution < 1.29 is 9.53 Å². The standard InChI is InChI=1S/C11H10INO2/c1-3-15-11-8(6-13)4-5-9(7(2)14)10(11)12/h4-5H,3H2,1-2H3. The Kier molecular flexibility index (Phi) is 4.09. The molecule has 0 amide bonds. The fourth-order valence-corrected chi connectivity index (χ4v) is 2.21. The second kappa shape index (κ2) is 5.12. The highest BCUT2D eigenvalue weighted by Gasteiger charge is 2.14. The largest absolute Gasteiger partial charge is 0.491 e. The average Bonchev–Trinajstić information content (AvgIpc) is 2.20. The van der Waals surface area contributed by atoms with E-state index in [-0.39, 0.29) is 5.78 Å². The molecular weight excluding hydrogens is 305 g/mol. The summed E-state index contributed by atoms with van der Waals surface area (Å²) in [5.41, 5.74) is 1.06. The molecular formula is C11H10INO2. The summed E-state index contributed by atoms with van der Waals surface area (Å²) in [6, 6.07) is 5.32. The van der Waals surface area contributed by atoms with Crippen LogP contribution in [-0.2, 0) is 0 Å². The summed E-state index contributed by atoms with van der Waals surface area (Å²) in [5.74, 6) is 0.484. The first-order valence-electron chi connectivity index (χ1n) is 4.48. The molecule has 0 aliphatic carbocycles. The summed E-state index contributed by atoms with van der Waals surface area (Å²) in [4.78, 5) is 11.3. The van der Waals surface area contributed by atoms with Gasteiger partial charge < -0.3 is 4.74 Å². The van der Waals surface area contributed by atoms with Crippen LogP contribution < -0.4 is 4.74 Å². The van der Waals surface area contributed by atoms with E-state index in [0.717, 1.165) is 0 Å². The minimum atomic E-state index is -0.0233. The molecule has 0 aromatic heterocycles. The Bertz CT molecular complexity index is 435. The van der Waals surface area contributed by atoms with E-state index in [1.54, 1.807) is 12.1 Å². The molecule has 4 heteroatoms. The monoisotopic (exact) mass is 315 g/mol. The average molecular weight is 315 g/mol. The highest BCUT2D eigenvalue weighted by atomic mass is 127. The smallest absolute Gasteiger partial charge is 0.161 e. The zero-order valence-electron chi connectivity index (χ0n) is 8.50. The molecule has 0 radical (unpaired) electrons. The molecule has 0 heterocycles. The predicted octanol–water partition coefficient (Wildman–Crippen LogP) is 2.76. The van der Waals surface area contributed by atoms with Gasteiger partial charge in [-0.2, -0.15) is 5.26 Å². The van der Waals surface area contributed by atoms with E-state index in [2.05, 4.69) is 0 Å². The SMILES string of the molecule is CCOc1c(C#N)ccc(C(C)=O)c1I. The number of rotatable bonds is 3. The van der Waals surface area contributed by atoms with Gasteiger partial charge in [0.15, 0.2) is 11.5 Å². The first kappa shape index (κ1) is 12.0. The van der Waals surface area contributed by atoms with E-state index in [1.165, 1.54) is 6.92 Å². The van der Waals surface area contributed by atoms with Gasteiger partial charge in [0.05, 0.1) is 15.7 Å². The number of carbonyl (C=O) groups excluding carboxylic acids is 1. The van der Waals surface area contributed by atoms with Crippen molar-refractivity contribution in [1.29, 1.82) is 5.26 Å². The minimum absolute atomic E-state index is 0.0233. The third-order valence-corrected chi connectivity index (χ3v) is 2.96. The summed E-state index contributed by atoms with van der Waals surface area (Å²) in [6.45, 7) is 3.82. The topological polar surface area (TPSA) is 50.1 Å². The molecule has 15 heavy (non-hydrogen) atoms. The Morgan fingerprint density at radius 1 is 1.60 bits per heavy atom. The van der Waals surface area contributed by atoms with Crippen molar-refractivity contribution in [3.05, 3.63) is 26.8 Å².